The highest BCUT2D eigenvalue weighted by Crippen LogP contribution is 2.18. The average Bonchev–Trinajstić information content (AvgIpc) is 2.31. The first-order valence-electron chi connectivity index (χ1n) is 5.92. The molecule has 0 radical (unpaired) electrons. The highest BCUT2D eigenvalue weighted by atomic mass is 32.2. The van der Waals surface area contributed by atoms with E-state index in [1.54, 1.807) is 13.0 Å². The van der Waals surface area contributed by atoms with Gasteiger partial charge >= 0.3 is 0 Å². The third-order valence-electron chi connectivity index (χ3n) is 2.55. The van der Waals surface area contributed by atoms with Crippen molar-refractivity contribution in [3.63, 3.8) is 0 Å². The Balaban J connectivity index is 2.62. The van der Waals surface area contributed by atoms with Crippen LogP contribution >= 0.6 is 0 Å². The van der Waals surface area contributed by atoms with Gasteiger partial charge < -0.3 is 5.32 Å². The van der Waals surface area contributed by atoms with Crippen molar-refractivity contribution in [2.75, 3.05) is 23.6 Å². The molecule has 0 aliphatic rings. The SMILES string of the molecule is CCNCCCS(=O)(=O)Nc1cccc(F)c1C. The minimum Gasteiger partial charge on any atom is -0.317 e. The van der Waals surface area contributed by atoms with E-state index in [0.29, 0.717) is 24.2 Å². The summed E-state index contributed by atoms with van der Waals surface area (Å²) in [5.41, 5.74) is 0.617. The van der Waals surface area contributed by atoms with Crippen LogP contribution < -0.4 is 10.0 Å². The van der Waals surface area contributed by atoms with E-state index in [1.165, 1.54) is 12.1 Å². The van der Waals surface area contributed by atoms with Crippen molar-refractivity contribution in [2.45, 2.75) is 20.3 Å². The third kappa shape index (κ3) is 4.62. The summed E-state index contributed by atoms with van der Waals surface area (Å²) in [6.07, 6.45) is 0.525. The van der Waals surface area contributed by atoms with Crippen molar-refractivity contribution < 1.29 is 12.8 Å². The number of hydrogen-bond acceptors (Lipinski definition) is 3. The molecule has 0 fully saturated rings. The Bertz CT molecular complexity index is 489. The Morgan fingerprint density at radius 3 is 2.72 bits per heavy atom. The van der Waals surface area contributed by atoms with Gasteiger partial charge in [-0.3, -0.25) is 4.72 Å². The standard InChI is InChI=1S/C12H19FN2O2S/c1-3-14-8-5-9-18(16,17)15-12-7-4-6-11(13)10(12)2/h4,6-7,14-15H,3,5,8-9H2,1-2H3. The highest BCUT2D eigenvalue weighted by molar-refractivity contribution is 7.92. The van der Waals surface area contributed by atoms with Gasteiger partial charge in [0.15, 0.2) is 0 Å². The van der Waals surface area contributed by atoms with Gasteiger partial charge in [0.05, 0.1) is 11.4 Å². The lowest BCUT2D eigenvalue weighted by molar-refractivity contribution is 0.594. The summed E-state index contributed by atoms with van der Waals surface area (Å²) in [5.74, 6) is -0.390. The summed E-state index contributed by atoms with van der Waals surface area (Å²) >= 11 is 0. The number of nitrogens with one attached hydrogen (secondary N) is 2. The number of anilines is 1. The molecule has 1 rings (SSSR count). The second-order valence-corrected chi connectivity index (χ2v) is 5.88. The van der Waals surface area contributed by atoms with Crippen molar-refractivity contribution in [3.8, 4) is 0 Å². The molecule has 0 aliphatic heterocycles. The van der Waals surface area contributed by atoms with Crippen LogP contribution in [0.2, 0.25) is 0 Å². The van der Waals surface area contributed by atoms with Crippen molar-refractivity contribution >= 4 is 15.7 Å². The van der Waals surface area contributed by atoms with Gasteiger partial charge in [-0.25, -0.2) is 12.8 Å². The van der Waals surface area contributed by atoms with Crippen LogP contribution in [-0.2, 0) is 10.0 Å². The average molecular weight is 274 g/mol. The van der Waals surface area contributed by atoms with Gasteiger partial charge in [-0.05, 0) is 38.6 Å². The molecule has 18 heavy (non-hydrogen) atoms. The molecule has 0 saturated heterocycles. The normalized spacial score (nSPS) is 11.5. The lowest BCUT2D eigenvalue weighted by Gasteiger charge is -2.10. The van der Waals surface area contributed by atoms with Crippen LogP contribution in [0.3, 0.4) is 0 Å². The first kappa shape index (κ1) is 14.9. The molecule has 0 heterocycles. The second-order valence-electron chi connectivity index (χ2n) is 4.04. The Kier molecular flexibility index (Phi) is 5.55. The van der Waals surface area contributed by atoms with Crippen LogP contribution in [0.15, 0.2) is 18.2 Å². The molecule has 0 spiro atoms. The predicted octanol–water partition coefficient (Wildman–Crippen LogP) is 1.88. The third-order valence-corrected chi connectivity index (χ3v) is 3.91. The minimum atomic E-state index is -3.41. The minimum absolute atomic E-state index is 0.0238. The van der Waals surface area contributed by atoms with E-state index in [1.807, 2.05) is 6.92 Å². The van der Waals surface area contributed by atoms with Crippen LogP contribution in [0, 0.1) is 12.7 Å². The van der Waals surface area contributed by atoms with Crippen LogP contribution in [-0.4, -0.2) is 27.3 Å². The Hall–Kier alpha value is -1.14. The maximum atomic E-state index is 13.3. The fourth-order valence-corrected chi connectivity index (χ4v) is 2.68. The van der Waals surface area contributed by atoms with Gasteiger partial charge in [0.25, 0.3) is 0 Å². The van der Waals surface area contributed by atoms with Crippen LogP contribution in [0.25, 0.3) is 0 Å². The molecule has 0 saturated carbocycles. The van der Waals surface area contributed by atoms with Gasteiger partial charge in [0.1, 0.15) is 5.82 Å². The van der Waals surface area contributed by atoms with Gasteiger partial charge in [-0.2, -0.15) is 0 Å². The summed E-state index contributed by atoms with van der Waals surface area (Å²) < 4.78 is 39.2. The zero-order valence-electron chi connectivity index (χ0n) is 10.7. The van der Waals surface area contributed by atoms with E-state index >= 15 is 0 Å². The summed E-state index contributed by atoms with van der Waals surface area (Å²) in [4.78, 5) is 0. The topological polar surface area (TPSA) is 58.2 Å². The molecule has 0 amide bonds. The number of rotatable bonds is 7. The van der Waals surface area contributed by atoms with E-state index in [2.05, 4.69) is 10.0 Å². The van der Waals surface area contributed by atoms with Crippen molar-refractivity contribution in [2.24, 2.45) is 0 Å². The van der Waals surface area contributed by atoms with Crippen molar-refractivity contribution in [1.29, 1.82) is 0 Å². The summed E-state index contributed by atoms with van der Waals surface area (Å²) in [6, 6.07) is 4.34. The van der Waals surface area contributed by atoms with Gasteiger partial charge in [-0.15, -0.1) is 0 Å². The smallest absolute Gasteiger partial charge is 0.232 e. The molecule has 1 aromatic rings. The molecule has 2 N–H and O–H groups in total. The molecule has 0 atom stereocenters. The zero-order valence-corrected chi connectivity index (χ0v) is 11.5. The Morgan fingerprint density at radius 1 is 1.33 bits per heavy atom. The molecule has 0 bridgehead atoms. The molecular weight excluding hydrogens is 255 g/mol. The summed E-state index contributed by atoms with van der Waals surface area (Å²) in [6.45, 7) is 4.98. The van der Waals surface area contributed by atoms with Gasteiger partial charge in [0, 0.05) is 5.56 Å². The summed E-state index contributed by atoms with van der Waals surface area (Å²) in [5, 5.41) is 3.05. The van der Waals surface area contributed by atoms with Crippen LogP contribution in [0.5, 0.6) is 0 Å². The molecular formula is C12H19FN2O2S. The second kappa shape index (κ2) is 6.70. The Morgan fingerprint density at radius 2 is 2.06 bits per heavy atom. The van der Waals surface area contributed by atoms with Gasteiger partial charge in [0.2, 0.25) is 10.0 Å². The largest absolute Gasteiger partial charge is 0.317 e. The quantitative estimate of drug-likeness (QED) is 0.746. The molecule has 0 unspecified atom stereocenters. The maximum absolute atomic E-state index is 13.3. The summed E-state index contributed by atoms with van der Waals surface area (Å²) in [7, 11) is -3.41. The van der Waals surface area contributed by atoms with Crippen molar-refractivity contribution in [3.05, 3.63) is 29.6 Å². The fraction of sp³-hybridized carbons (Fsp3) is 0.500. The van der Waals surface area contributed by atoms with E-state index in [9.17, 15) is 12.8 Å². The first-order chi connectivity index (χ1) is 8.46. The van der Waals surface area contributed by atoms with Crippen LogP contribution in [0.1, 0.15) is 18.9 Å². The van der Waals surface area contributed by atoms with E-state index in [-0.39, 0.29) is 5.75 Å². The molecule has 6 heteroatoms. The maximum Gasteiger partial charge on any atom is 0.232 e. The molecule has 102 valence electrons. The monoisotopic (exact) mass is 274 g/mol. The number of halogens is 1. The highest BCUT2D eigenvalue weighted by Gasteiger charge is 2.12. The number of sulfonamides is 1. The van der Waals surface area contributed by atoms with E-state index < -0.39 is 15.8 Å². The van der Waals surface area contributed by atoms with Crippen LogP contribution in [0.4, 0.5) is 10.1 Å². The van der Waals surface area contributed by atoms with Crippen molar-refractivity contribution in [1.82, 2.24) is 5.32 Å². The van der Waals surface area contributed by atoms with E-state index in [4.69, 9.17) is 0 Å². The van der Waals surface area contributed by atoms with Gasteiger partial charge in [-0.1, -0.05) is 13.0 Å². The molecule has 4 nitrogen and oxygen atoms in total. The fourth-order valence-electron chi connectivity index (χ4n) is 1.50. The predicted molar refractivity (Wildman–Crippen MR) is 71.7 cm³/mol. The number of hydrogen-bond donors (Lipinski definition) is 2. The Labute approximate surface area is 108 Å². The molecule has 0 aromatic heterocycles. The number of benzene rings is 1. The lowest BCUT2D eigenvalue weighted by Crippen LogP contribution is -2.22. The first-order valence-corrected chi connectivity index (χ1v) is 7.58. The lowest BCUT2D eigenvalue weighted by atomic mass is 10.2. The molecule has 0 aliphatic carbocycles. The van der Waals surface area contributed by atoms with E-state index in [0.717, 1.165) is 6.54 Å². The molecule has 1 aromatic carbocycles. The zero-order chi connectivity index (χ0) is 13.6.